The van der Waals surface area contributed by atoms with Crippen LogP contribution in [0.5, 0.6) is 0 Å². The van der Waals surface area contributed by atoms with E-state index in [0.717, 1.165) is 15.4 Å². The van der Waals surface area contributed by atoms with Gasteiger partial charge in [0.1, 0.15) is 5.82 Å². The van der Waals surface area contributed by atoms with E-state index >= 15 is 0 Å². The molecule has 0 radical (unpaired) electrons. The van der Waals surface area contributed by atoms with Gasteiger partial charge in [-0.1, -0.05) is 12.1 Å². The highest BCUT2D eigenvalue weighted by molar-refractivity contribution is 9.10. The number of ketones is 1. The first kappa shape index (κ1) is 13.1. The molecule has 0 aliphatic carbocycles. The van der Waals surface area contributed by atoms with Crippen molar-refractivity contribution >= 4 is 32.6 Å². The van der Waals surface area contributed by atoms with E-state index < -0.39 is 0 Å². The number of hydrogen-bond donors (Lipinski definition) is 1. The fourth-order valence-corrected chi connectivity index (χ4v) is 2.70. The summed E-state index contributed by atoms with van der Waals surface area (Å²) >= 11 is 3.45. The number of fused-ring (bicyclic) bond motifs is 1. The lowest BCUT2D eigenvalue weighted by atomic mass is 10.0. The predicted molar refractivity (Wildman–Crippen MR) is 80.6 cm³/mol. The molecule has 1 heterocycles. The molecule has 0 saturated heterocycles. The second-order valence-corrected chi connectivity index (χ2v) is 5.45. The van der Waals surface area contributed by atoms with E-state index in [1.807, 2.05) is 19.1 Å². The quantitative estimate of drug-likeness (QED) is 0.683. The van der Waals surface area contributed by atoms with Gasteiger partial charge in [-0.05, 0) is 52.7 Å². The van der Waals surface area contributed by atoms with Gasteiger partial charge in [-0.15, -0.1) is 0 Å². The first-order valence-electron chi connectivity index (χ1n) is 6.14. The highest BCUT2D eigenvalue weighted by Crippen LogP contribution is 2.27. The number of rotatable bonds is 2. The van der Waals surface area contributed by atoms with E-state index in [-0.39, 0.29) is 11.6 Å². The van der Waals surface area contributed by atoms with Gasteiger partial charge in [0, 0.05) is 32.7 Å². The van der Waals surface area contributed by atoms with E-state index in [1.54, 1.807) is 18.3 Å². The standard InChI is InChI=1S/C16H11BrFNO/c1-9-3-2-4-12(15(9)17)16(20)13-8-19-14-7-10(18)5-6-11(13)14/h2-8,19H,1H3. The first-order valence-corrected chi connectivity index (χ1v) is 6.93. The van der Waals surface area contributed by atoms with Gasteiger partial charge in [-0.25, -0.2) is 4.39 Å². The lowest BCUT2D eigenvalue weighted by Crippen LogP contribution is -2.02. The molecule has 1 aromatic heterocycles. The molecule has 3 rings (SSSR count). The smallest absolute Gasteiger partial charge is 0.196 e. The average Bonchev–Trinajstić information content (AvgIpc) is 2.84. The number of H-pyrrole nitrogens is 1. The molecule has 3 aromatic rings. The summed E-state index contributed by atoms with van der Waals surface area (Å²) in [6, 6.07) is 9.93. The largest absolute Gasteiger partial charge is 0.360 e. The van der Waals surface area contributed by atoms with Crippen molar-refractivity contribution in [1.82, 2.24) is 4.98 Å². The Bertz CT molecular complexity index is 822. The summed E-state index contributed by atoms with van der Waals surface area (Å²) in [6.07, 6.45) is 1.63. The average molecular weight is 332 g/mol. The summed E-state index contributed by atoms with van der Waals surface area (Å²) in [5.74, 6) is -0.409. The highest BCUT2D eigenvalue weighted by Gasteiger charge is 2.17. The molecule has 1 N–H and O–H groups in total. The van der Waals surface area contributed by atoms with Crippen LogP contribution in [-0.4, -0.2) is 10.8 Å². The Morgan fingerprint density at radius 1 is 1.20 bits per heavy atom. The summed E-state index contributed by atoms with van der Waals surface area (Å²) in [7, 11) is 0. The second kappa shape index (κ2) is 4.87. The second-order valence-electron chi connectivity index (χ2n) is 4.66. The number of hydrogen-bond acceptors (Lipinski definition) is 1. The predicted octanol–water partition coefficient (Wildman–Crippen LogP) is 4.61. The lowest BCUT2D eigenvalue weighted by Gasteiger charge is -2.05. The van der Waals surface area contributed by atoms with Gasteiger partial charge in [0.15, 0.2) is 5.78 Å². The molecule has 100 valence electrons. The Morgan fingerprint density at radius 2 is 2.00 bits per heavy atom. The normalized spacial score (nSPS) is 10.9. The van der Waals surface area contributed by atoms with E-state index in [4.69, 9.17) is 0 Å². The summed E-state index contributed by atoms with van der Waals surface area (Å²) in [6.45, 7) is 1.94. The van der Waals surface area contributed by atoms with Crippen molar-refractivity contribution < 1.29 is 9.18 Å². The van der Waals surface area contributed by atoms with Crippen molar-refractivity contribution in [1.29, 1.82) is 0 Å². The molecule has 0 spiro atoms. The lowest BCUT2D eigenvalue weighted by molar-refractivity contribution is 0.103. The van der Waals surface area contributed by atoms with Crippen LogP contribution in [-0.2, 0) is 0 Å². The van der Waals surface area contributed by atoms with E-state index in [2.05, 4.69) is 20.9 Å². The SMILES string of the molecule is Cc1cccc(C(=O)c2c[nH]c3cc(F)ccc23)c1Br. The Balaban J connectivity index is 2.16. The number of carbonyl (C=O) groups excluding carboxylic acids is 1. The van der Waals surface area contributed by atoms with Gasteiger partial charge < -0.3 is 4.98 Å². The van der Waals surface area contributed by atoms with Gasteiger partial charge in [-0.3, -0.25) is 4.79 Å². The van der Waals surface area contributed by atoms with Crippen LogP contribution in [0.25, 0.3) is 10.9 Å². The van der Waals surface area contributed by atoms with E-state index in [0.29, 0.717) is 16.6 Å². The number of aromatic amines is 1. The van der Waals surface area contributed by atoms with Crippen LogP contribution in [0.3, 0.4) is 0 Å². The molecule has 0 fully saturated rings. The minimum absolute atomic E-state index is 0.0848. The number of benzene rings is 2. The monoisotopic (exact) mass is 331 g/mol. The number of carbonyl (C=O) groups is 1. The van der Waals surface area contributed by atoms with Crippen LogP contribution in [0.1, 0.15) is 21.5 Å². The Labute approximate surface area is 123 Å². The highest BCUT2D eigenvalue weighted by atomic mass is 79.9. The molecule has 2 aromatic carbocycles. The van der Waals surface area contributed by atoms with Crippen molar-refractivity contribution in [3.05, 3.63) is 69.6 Å². The molecule has 4 heteroatoms. The van der Waals surface area contributed by atoms with Gasteiger partial charge in [0.2, 0.25) is 0 Å². The number of aromatic nitrogens is 1. The molecule has 0 unspecified atom stereocenters. The van der Waals surface area contributed by atoms with Crippen molar-refractivity contribution in [2.75, 3.05) is 0 Å². The van der Waals surface area contributed by atoms with Gasteiger partial charge in [-0.2, -0.15) is 0 Å². The Kier molecular flexibility index (Phi) is 3.18. The van der Waals surface area contributed by atoms with Gasteiger partial charge in [0.05, 0.1) is 0 Å². The zero-order chi connectivity index (χ0) is 14.3. The summed E-state index contributed by atoms with van der Waals surface area (Å²) in [4.78, 5) is 15.6. The van der Waals surface area contributed by atoms with Crippen LogP contribution >= 0.6 is 15.9 Å². The Morgan fingerprint density at radius 3 is 2.80 bits per heavy atom. The number of halogens is 2. The van der Waals surface area contributed by atoms with Gasteiger partial charge in [0.25, 0.3) is 0 Å². The van der Waals surface area contributed by atoms with Crippen molar-refractivity contribution in [2.24, 2.45) is 0 Å². The molecule has 20 heavy (non-hydrogen) atoms. The zero-order valence-electron chi connectivity index (χ0n) is 10.7. The third-order valence-corrected chi connectivity index (χ3v) is 4.38. The minimum atomic E-state index is -0.324. The Hall–Kier alpha value is -1.94. The summed E-state index contributed by atoms with van der Waals surface area (Å²) in [5.41, 5.74) is 2.78. The molecular weight excluding hydrogens is 321 g/mol. The zero-order valence-corrected chi connectivity index (χ0v) is 12.3. The fraction of sp³-hybridized carbons (Fsp3) is 0.0625. The molecular formula is C16H11BrFNO. The molecule has 0 aliphatic rings. The van der Waals surface area contributed by atoms with Crippen molar-refractivity contribution in [2.45, 2.75) is 6.92 Å². The third-order valence-electron chi connectivity index (χ3n) is 3.32. The molecule has 0 saturated carbocycles. The number of aryl methyl sites for hydroxylation is 1. The van der Waals surface area contributed by atoms with Crippen LogP contribution in [0.4, 0.5) is 4.39 Å². The molecule has 0 amide bonds. The summed E-state index contributed by atoms with van der Waals surface area (Å²) in [5, 5.41) is 0.727. The van der Waals surface area contributed by atoms with Crippen LogP contribution in [0, 0.1) is 12.7 Å². The molecule has 0 bridgehead atoms. The first-order chi connectivity index (χ1) is 9.58. The molecule has 0 atom stereocenters. The maximum Gasteiger partial charge on any atom is 0.196 e. The van der Waals surface area contributed by atoms with Crippen molar-refractivity contribution in [3.8, 4) is 0 Å². The van der Waals surface area contributed by atoms with E-state index in [9.17, 15) is 9.18 Å². The van der Waals surface area contributed by atoms with Gasteiger partial charge >= 0.3 is 0 Å². The fourth-order valence-electron chi connectivity index (χ4n) is 2.25. The summed E-state index contributed by atoms with van der Waals surface area (Å²) < 4.78 is 14.0. The maximum atomic E-state index is 13.2. The van der Waals surface area contributed by atoms with Crippen molar-refractivity contribution in [3.63, 3.8) is 0 Å². The van der Waals surface area contributed by atoms with E-state index in [1.165, 1.54) is 12.1 Å². The van der Waals surface area contributed by atoms with Crippen LogP contribution in [0.2, 0.25) is 0 Å². The van der Waals surface area contributed by atoms with Crippen LogP contribution in [0.15, 0.2) is 47.1 Å². The van der Waals surface area contributed by atoms with Crippen LogP contribution < -0.4 is 0 Å². The topological polar surface area (TPSA) is 32.9 Å². The third kappa shape index (κ3) is 2.06. The number of nitrogens with one attached hydrogen (secondary N) is 1. The maximum absolute atomic E-state index is 13.2. The molecule has 0 aliphatic heterocycles. The minimum Gasteiger partial charge on any atom is -0.360 e. The molecule has 2 nitrogen and oxygen atoms in total.